The molecule has 17 nitrogen and oxygen atoms in total. The summed E-state index contributed by atoms with van der Waals surface area (Å²) in [5.41, 5.74) is 0. The minimum absolute atomic E-state index is 0.105. The molecule has 0 saturated heterocycles. The molecule has 0 aromatic heterocycles. The monoisotopic (exact) mass is 1310 g/mol. The highest BCUT2D eigenvalue weighted by Crippen LogP contribution is 2.45. The number of aliphatic hydroxyl groups excluding tert-OH is 1. The molecule has 3 N–H and O–H groups in total. The van der Waals surface area contributed by atoms with Gasteiger partial charge in [-0.3, -0.25) is 37.3 Å². The van der Waals surface area contributed by atoms with Gasteiger partial charge in [-0.15, -0.1) is 0 Å². The highest BCUT2D eigenvalue weighted by molar-refractivity contribution is 7.47. The number of esters is 4. The first kappa shape index (κ1) is 87.1. The molecule has 5 atom stereocenters. The SMILES string of the molecule is CCCCCCCCCCC(=O)OC[C@H](COP(=O)(O)OC[C@H](O)COP(=O)(O)OC[C@@H](COC(=O)CCCCCCCCCCCCCCCC(C)C)OC(=O)CCCCCCCCCCCCCCCCC(C)C)OC(=O)CCCCCCCCCC. The second-order valence-corrected chi connectivity index (χ2v) is 29.1. The molecule has 0 fully saturated rings. The van der Waals surface area contributed by atoms with Crippen molar-refractivity contribution in [1.29, 1.82) is 0 Å². The predicted octanol–water partition coefficient (Wildman–Crippen LogP) is 20.0. The van der Waals surface area contributed by atoms with Crippen LogP contribution in [-0.4, -0.2) is 96.7 Å². The van der Waals surface area contributed by atoms with E-state index in [1.54, 1.807) is 0 Å². The zero-order chi connectivity index (χ0) is 65.7. The van der Waals surface area contributed by atoms with Crippen molar-refractivity contribution in [3.8, 4) is 0 Å². The molecule has 0 spiro atoms. The van der Waals surface area contributed by atoms with Gasteiger partial charge in [0.05, 0.1) is 26.4 Å². The molecule has 89 heavy (non-hydrogen) atoms. The molecule has 0 heterocycles. The van der Waals surface area contributed by atoms with Crippen LogP contribution in [0.3, 0.4) is 0 Å². The van der Waals surface area contributed by atoms with Crippen molar-refractivity contribution in [3.63, 3.8) is 0 Å². The van der Waals surface area contributed by atoms with Crippen molar-refractivity contribution >= 4 is 39.5 Å². The summed E-state index contributed by atoms with van der Waals surface area (Å²) in [6.07, 6.45) is 47.3. The molecule has 0 aromatic rings. The molecule has 0 saturated carbocycles. The molecular weight excluding hydrogens is 1170 g/mol. The maximum absolute atomic E-state index is 13.0. The Morgan fingerprint density at radius 1 is 0.303 bits per heavy atom. The number of hydrogen-bond donors (Lipinski definition) is 3. The molecule has 19 heteroatoms. The van der Waals surface area contributed by atoms with E-state index in [-0.39, 0.29) is 25.7 Å². The number of carbonyl (C=O) groups excluding carboxylic acids is 4. The summed E-state index contributed by atoms with van der Waals surface area (Å²) >= 11 is 0. The summed E-state index contributed by atoms with van der Waals surface area (Å²) in [7, 11) is -9.89. The average Bonchev–Trinajstić information content (AvgIpc) is 3.62. The van der Waals surface area contributed by atoms with Crippen LogP contribution in [0.15, 0.2) is 0 Å². The predicted molar refractivity (Wildman–Crippen MR) is 358 cm³/mol. The Bertz CT molecular complexity index is 1730. The Kier molecular flexibility index (Phi) is 60.8. The summed E-state index contributed by atoms with van der Waals surface area (Å²) in [6.45, 7) is 9.54. The summed E-state index contributed by atoms with van der Waals surface area (Å²) < 4.78 is 68.1. The first-order chi connectivity index (χ1) is 42.9. The molecule has 2 unspecified atom stereocenters. The van der Waals surface area contributed by atoms with Crippen LogP contribution in [0.4, 0.5) is 0 Å². The molecule has 0 aliphatic carbocycles. The van der Waals surface area contributed by atoms with Gasteiger partial charge < -0.3 is 33.8 Å². The normalized spacial score (nSPS) is 14.1. The third kappa shape index (κ3) is 64.6. The number of hydrogen-bond acceptors (Lipinski definition) is 15. The van der Waals surface area contributed by atoms with E-state index in [1.165, 1.54) is 161 Å². The maximum atomic E-state index is 13.0. The minimum Gasteiger partial charge on any atom is -0.462 e. The average molecular weight is 1310 g/mol. The number of aliphatic hydroxyl groups is 1. The van der Waals surface area contributed by atoms with Gasteiger partial charge in [0.2, 0.25) is 0 Å². The fraction of sp³-hybridized carbons (Fsp3) is 0.943. The highest BCUT2D eigenvalue weighted by Gasteiger charge is 2.30. The van der Waals surface area contributed by atoms with Crippen LogP contribution in [0.2, 0.25) is 0 Å². The number of ether oxygens (including phenoxy) is 4. The Morgan fingerprint density at radius 3 is 0.764 bits per heavy atom. The van der Waals surface area contributed by atoms with Gasteiger partial charge in [0, 0.05) is 25.7 Å². The van der Waals surface area contributed by atoms with Crippen LogP contribution >= 0.6 is 15.6 Å². The van der Waals surface area contributed by atoms with Crippen molar-refractivity contribution in [1.82, 2.24) is 0 Å². The van der Waals surface area contributed by atoms with E-state index in [1.807, 2.05) is 0 Å². The van der Waals surface area contributed by atoms with E-state index < -0.39 is 97.5 Å². The van der Waals surface area contributed by atoms with Gasteiger partial charge >= 0.3 is 39.5 Å². The number of phosphoric acid groups is 2. The van der Waals surface area contributed by atoms with E-state index in [0.29, 0.717) is 25.7 Å². The third-order valence-electron chi connectivity index (χ3n) is 16.2. The molecule has 0 aliphatic heterocycles. The number of rotatable bonds is 69. The Labute approximate surface area is 543 Å². The van der Waals surface area contributed by atoms with Crippen molar-refractivity contribution in [3.05, 3.63) is 0 Å². The van der Waals surface area contributed by atoms with Crippen LogP contribution in [0.1, 0.15) is 356 Å². The first-order valence-electron chi connectivity index (χ1n) is 36.5. The molecule has 0 amide bonds. The third-order valence-corrected chi connectivity index (χ3v) is 18.1. The van der Waals surface area contributed by atoms with Gasteiger partial charge in [0.1, 0.15) is 19.3 Å². The maximum Gasteiger partial charge on any atom is 0.472 e. The van der Waals surface area contributed by atoms with E-state index in [2.05, 4.69) is 41.5 Å². The number of unbranched alkanes of at least 4 members (excludes halogenated alkanes) is 39. The lowest BCUT2D eigenvalue weighted by Gasteiger charge is -2.21. The summed E-state index contributed by atoms with van der Waals surface area (Å²) in [5.74, 6) is -0.542. The minimum atomic E-state index is -4.95. The van der Waals surface area contributed by atoms with Crippen LogP contribution in [0.25, 0.3) is 0 Å². The summed E-state index contributed by atoms with van der Waals surface area (Å²) in [4.78, 5) is 72.3. The lowest BCUT2D eigenvalue weighted by molar-refractivity contribution is -0.161. The Morgan fingerprint density at radius 2 is 0.517 bits per heavy atom. The summed E-state index contributed by atoms with van der Waals surface area (Å²) in [6, 6.07) is 0. The van der Waals surface area contributed by atoms with Crippen molar-refractivity contribution in [2.24, 2.45) is 11.8 Å². The van der Waals surface area contributed by atoms with Gasteiger partial charge in [-0.05, 0) is 37.5 Å². The van der Waals surface area contributed by atoms with Crippen molar-refractivity contribution < 1.29 is 80.2 Å². The number of carbonyl (C=O) groups is 4. The first-order valence-corrected chi connectivity index (χ1v) is 39.5. The van der Waals surface area contributed by atoms with Gasteiger partial charge in [-0.2, -0.15) is 0 Å². The fourth-order valence-electron chi connectivity index (χ4n) is 10.6. The highest BCUT2D eigenvalue weighted by atomic mass is 31.2. The second kappa shape index (κ2) is 62.2. The van der Waals surface area contributed by atoms with E-state index in [0.717, 1.165) is 115 Å². The lowest BCUT2D eigenvalue weighted by atomic mass is 10.0. The topological polar surface area (TPSA) is 237 Å². The molecule has 0 aromatic carbocycles. The number of phosphoric ester groups is 2. The van der Waals surface area contributed by atoms with Gasteiger partial charge in [-0.1, -0.05) is 305 Å². The zero-order valence-corrected chi connectivity index (χ0v) is 59.5. The summed E-state index contributed by atoms with van der Waals surface area (Å²) in [5, 5.41) is 10.6. The standard InChI is InChI=1S/C70H136O17P2/c1-7-9-11-13-15-34-40-46-52-67(72)80-58-65(86-69(74)54-48-42-35-16-14-12-10-8-2)60-84-88(76,77)82-56-64(71)57-83-89(78,79)85-61-66(59-81-68(73)53-47-41-36-30-26-23-19-21-25-29-33-39-45-51-63(5)6)87-70(75)55-49-43-37-31-27-22-18-17-20-24-28-32-38-44-50-62(3)4/h62-66,71H,7-61H2,1-6H3,(H,76,77)(H,78,79)/t64-,65+,66+/m0/s1. The van der Waals surface area contributed by atoms with E-state index in [4.69, 9.17) is 37.0 Å². The zero-order valence-electron chi connectivity index (χ0n) is 57.7. The molecular formula is C70H136O17P2. The lowest BCUT2D eigenvalue weighted by Crippen LogP contribution is -2.30. The molecule has 528 valence electrons. The smallest absolute Gasteiger partial charge is 0.462 e. The molecule has 0 bridgehead atoms. The molecule has 0 rings (SSSR count). The van der Waals surface area contributed by atoms with Crippen LogP contribution in [-0.2, 0) is 65.4 Å². The van der Waals surface area contributed by atoms with Crippen molar-refractivity contribution in [2.75, 3.05) is 39.6 Å². The van der Waals surface area contributed by atoms with E-state index in [9.17, 15) is 43.2 Å². The van der Waals surface area contributed by atoms with Crippen LogP contribution in [0.5, 0.6) is 0 Å². The van der Waals surface area contributed by atoms with Gasteiger partial charge in [0.15, 0.2) is 12.2 Å². The molecule has 0 radical (unpaired) electrons. The molecule has 0 aliphatic rings. The van der Waals surface area contributed by atoms with Crippen LogP contribution in [0, 0.1) is 11.8 Å². The Hall–Kier alpha value is -1.94. The largest absolute Gasteiger partial charge is 0.472 e. The fourth-order valence-corrected chi connectivity index (χ4v) is 12.2. The van der Waals surface area contributed by atoms with E-state index >= 15 is 0 Å². The van der Waals surface area contributed by atoms with Gasteiger partial charge in [-0.25, -0.2) is 9.13 Å². The quantitative estimate of drug-likeness (QED) is 0.0222. The Balaban J connectivity index is 5.18. The second-order valence-electron chi connectivity index (χ2n) is 26.2. The van der Waals surface area contributed by atoms with Crippen molar-refractivity contribution in [2.45, 2.75) is 374 Å². The van der Waals surface area contributed by atoms with Crippen LogP contribution < -0.4 is 0 Å². The van der Waals surface area contributed by atoms with Gasteiger partial charge in [0.25, 0.3) is 0 Å².